The minimum atomic E-state index is 0.673. The highest BCUT2D eigenvalue weighted by Gasteiger charge is 2.27. The van der Waals surface area contributed by atoms with Crippen LogP contribution < -0.4 is 9.80 Å². The van der Waals surface area contributed by atoms with Crippen LogP contribution in [-0.2, 0) is 0 Å². The minimum Gasteiger partial charge on any atom is -0.440 e. The van der Waals surface area contributed by atoms with Crippen molar-refractivity contribution in [2.45, 2.75) is 0 Å². The van der Waals surface area contributed by atoms with Crippen molar-refractivity contribution in [3.63, 3.8) is 0 Å². The molecule has 0 fully saturated rings. The summed E-state index contributed by atoms with van der Waals surface area (Å²) in [4.78, 5) is 4.20. The van der Waals surface area contributed by atoms with Crippen LogP contribution in [0.4, 0.5) is 34.9 Å². The fourth-order valence-electron chi connectivity index (χ4n) is 8.16. The summed E-state index contributed by atoms with van der Waals surface area (Å²) < 4.78 is 26.2. The fourth-order valence-corrected chi connectivity index (χ4v) is 8.16. The van der Waals surface area contributed by atoms with Crippen LogP contribution in [0.5, 0.6) is 0 Å². The summed E-state index contributed by atoms with van der Waals surface area (Å²) >= 11 is 0. The predicted molar refractivity (Wildman–Crippen MR) is 219 cm³/mol. The third-order valence-electron chi connectivity index (χ3n) is 10.6. The van der Waals surface area contributed by atoms with E-state index in [4.69, 9.17) is 17.7 Å². The van der Waals surface area contributed by atoms with Crippen LogP contribution in [0.15, 0.2) is 188 Å². The largest absolute Gasteiger partial charge is 0.440 e. The van der Waals surface area contributed by atoms with Gasteiger partial charge in [0.25, 0.3) is 0 Å². The van der Waals surface area contributed by atoms with Crippen LogP contribution in [0.3, 0.4) is 0 Å². The minimum absolute atomic E-state index is 0.673. The van der Waals surface area contributed by atoms with Crippen molar-refractivity contribution in [3.8, 4) is 0 Å². The maximum atomic E-state index is 6.56. The molecule has 4 aromatic heterocycles. The van der Waals surface area contributed by atoms with Crippen molar-refractivity contribution in [2.75, 3.05) is 9.80 Å². The lowest BCUT2D eigenvalue weighted by molar-refractivity contribution is 0.582. The van der Waals surface area contributed by atoms with E-state index in [2.05, 4.69) is 107 Å². The van der Waals surface area contributed by atoms with E-state index < -0.39 is 0 Å². The molecule has 4 heterocycles. The topological polar surface area (TPSA) is 59.0 Å². The molecule has 0 N–H and O–H groups in total. The smallest absolute Gasteiger partial charge is 0.208 e. The van der Waals surface area contributed by atoms with E-state index in [1.54, 1.807) is 0 Å². The van der Waals surface area contributed by atoms with Crippen molar-refractivity contribution >= 4 is 111 Å². The van der Waals surface area contributed by atoms with Gasteiger partial charge in [-0.3, -0.25) is 0 Å². The average molecular weight is 697 g/mol. The molecule has 12 aromatic rings. The summed E-state index contributed by atoms with van der Waals surface area (Å²) in [6, 6.07) is 58.2. The van der Waals surface area contributed by atoms with E-state index in [1.165, 1.54) is 0 Å². The number of hydrogen-bond donors (Lipinski definition) is 0. The van der Waals surface area contributed by atoms with Crippen LogP contribution in [0.25, 0.3) is 76.2 Å². The summed E-state index contributed by atoms with van der Waals surface area (Å²) in [5, 5.41) is 10.8. The van der Waals surface area contributed by atoms with Crippen LogP contribution in [0.1, 0.15) is 0 Å². The quantitative estimate of drug-likeness (QED) is 0.161. The first kappa shape index (κ1) is 29.2. The summed E-state index contributed by atoms with van der Waals surface area (Å²) in [6.45, 7) is 0. The number of furan rings is 4. The third kappa shape index (κ3) is 4.28. The molecule has 6 heteroatoms. The molecule has 0 radical (unpaired) electrons. The lowest BCUT2D eigenvalue weighted by Gasteiger charge is -2.25. The monoisotopic (exact) mass is 696 g/mol. The molecule has 0 aliphatic rings. The van der Waals surface area contributed by atoms with Crippen molar-refractivity contribution in [1.82, 2.24) is 0 Å². The molecule has 8 aromatic carbocycles. The Morgan fingerprint density at radius 1 is 0.278 bits per heavy atom. The van der Waals surface area contributed by atoms with E-state index in [0.717, 1.165) is 87.6 Å². The van der Waals surface area contributed by atoms with Gasteiger partial charge in [-0.1, -0.05) is 109 Å². The Balaban J connectivity index is 1.12. The summed E-state index contributed by atoms with van der Waals surface area (Å²) in [6.07, 6.45) is 0. The zero-order chi connectivity index (χ0) is 35.3. The van der Waals surface area contributed by atoms with E-state index in [9.17, 15) is 0 Å². The standard InChI is InChI=1S/C48H28N2O4/c1-5-13-39-31(9-1)25-43(51-39)49(44-26-32-10-2-6-14-40(32)52-44)37-23-19-29-18-22-36-38(24-20-30-17-21-35(37)47(29)48(30)36)50(45-27-33-11-3-7-15-41(33)53-45)46-28-34-12-4-8-16-42(34)54-46/h1-28H. The Morgan fingerprint density at radius 3 is 0.889 bits per heavy atom. The second-order valence-corrected chi connectivity index (χ2v) is 13.8. The van der Waals surface area contributed by atoms with Gasteiger partial charge >= 0.3 is 0 Å². The molecule has 0 unspecified atom stereocenters. The van der Waals surface area contributed by atoms with Crippen molar-refractivity contribution in [3.05, 3.63) is 170 Å². The van der Waals surface area contributed by atoms with Gasteiger partial charge in [-0.05, 0) is 57.9 Å². The second-order valence-electron chi connectivity index (χ2n) is 13.8. The zero-order valence-corrected chi connectivity index (χ0v) is 28.7. The molecule has 0 aliphatic heterocycles. The van der Waals surface area contributed by atoms with Gasteiger partial charge in [-0.15, -0.1) is 0 Å². The highest BCUT2D eigenvalue weighted by atomic mass is 16.4. The van der Waals surface area contributed by atoms with Crippen LogP contribution in [-0.4, -0.2) is 0 Å². The van der Waals surface area contributed by atoms with Crippen LogP contribution in [0, 0.1) is 0 Å². The number of nitrogens with zero attached hydrogens (tertiary/aromatic N) is 2. The molecular formula is C48H28N2O4. The van der Waals surface area contributed by atoms with E-state index in [-0.39, 0.29) is 0 Å². The van der Waals surface area contributed by atoms with E-state index in [1.807, 2.05) is 72.8 Å². The van der Waals surface area contributed by atoms with Crippen LogP contribution in [0.2, 0.25) is 0 Å². The lowest BCUT2D eigenvalue weighted by Crippen LogP contribution is -2.10. The lowest BCUT2D eigenvalue weighted by atomic mass is 9.92. The zero-order valence-electron chi connectivity index (χ0n) is 28.7. The number of benzene rings is 8. The second kappa shape index (κ2) is 11.0. The van der Waals surface area contributed by atoms with Gasteiger partial charge in [0, 0.05) is 56.6 Å². The Morgan fingerprint density at radius 2 is 0.574 bits per heavy atom. The highest BCUT2D eigenvalue weighted by molar-refractivity contribution is 6.28. The molecule has 6 nitrogen and oxygen atoms in total. The third-order valence-corrected chi connectivity index (χ3v) is 10.6. The molecule has 0 amide bonds. The molecule has 254 valence electrons. The van der Waals surface area contributed by atoms with Gasteiger partial charge in [-0.2, -0.15) is 0 Å². The molecule has 0 saturated carbocycles. The van der Waals surface area contributed by atoms with Crippen molar-refractivity contribution < 1.29 is 17.7 Å². The molecule has 0 atom stereocenters. The molecule has 0 saturated heterocycles. The van der Waals surface area contributed by atoms with Gasteiger partial charge in [0.1, 0.15) is 22.3 Å². The van der Waals surface area contributed by atoms with Gasteiger partial charge in [0.05, 0.1) is 11.4 Å². The molecule has 12 rings (SSSR count). The van der Waals surface area contributed by atoms with Crippen LogP contribution >= 0.6 is 0 Å². The molecular weight excluding hydrogens is 669 g/mol. The number of fused-ring (bicyclic) bond motifs is 4. The molecule has 0 spiro atoms. The Kier molecular flexibility index (Phi) is 5.96. The van der Waals surface area contributed by atoms with Gasteiger partial charge in [-0.25, -0.2) is 9.80 Å². The summed E-state index contributed by atoms with van der Waals surface area (Å²) in [7, 11) is 0. The number of hydrogen-bond acceptors (Lipinski definition) is 6. The van der Waals surface area contributed by atoms with Gasteiger partial charge in [0.2, 0.25) is 23.5 Å². The number of para-hydroxylation sites is 4. The summed E-state index contributed by atoms with van der Waals surface area (Å²) in [5.74, 6) is 2.69. The number of rotatable bonds is 6. The molecule has 54 heavy (non-hydrogen) atoms. The first-order chi connectivity index (χ1) is 26.7. The highest BCUT2D eigenvalue weighted by Crippen LogP contribution is 2.49. The Labute approximate surface area is 307 Å². The predicted octanol–water partition coefficient (Wildman–Crippen LogP) is 14.5. The average Bonchev–Trinajstić information content (AvgIpc) is 4.02. The maximum absolute atomic E-state index is 6.56. The Hall–Kier alpha value is -7.44. The number of anilines is 6. The maximum Gasteiger partial charge on any atom is 0.208 e. The molecule has 0 aliphatic carbocycles. The normalized spacial score (nSPS) is 12.1. The van der Waals surface area contributed by atoms with Crippen molar-refractivity contribution in [1.29, 1.82) is 0 Å². The SMILES string of the molecule is c1ccc2oc(N(c3cc4ccccc4o3)c3ccc4ccc5c(N(c6cc7ccccc7o6)c6cc7ccccc7o6)ccc6ccc3c4c65)cc2c1. The van der Waals surface area contributed by atoms with E-state index >= 15 is 0 Å². The van der Waals surface area contributed by atoms with E-state index in [0.29, 0.717) is 23.5 Å². The van der Waals surface area contributed by atoms with Crippen molar-refractivity contribution in [2.24, 2.45) is 0 Å². The van der Waals surface area contributed by atoms with Gasteiger partial charge < -0.3 is 17.7 Å². The van der Waals surface area contributed by atoms with Gasteiger partial charge in [0.15, 0.2) is 0 Å². The molecule has 0 bridgehead atoms. The first-order valence-corrected chi connectivity index (χ1v) is 18.0. The Bertz CT molecular complexity index is 2870. The fraction of sp³-hybridized carbons (Fsp3) is 0. The summed E-state index contributed by atoms with van der Waals surface area (Å²) in [5.41, 5.74) is 5.15. The first-order valence-electron chi connectivity index (χ1n) is 18.0.